The second kappa shape index (κ2) is 7.23. The van der Waals surface area contributed by atoms with Crippen LogP contribution in [0.1, 0.15) is 0 Å². The quantitative estimate of drug-likeness (QED) is 0.340. The molecular weight excluding hydrogens is 330 g/mol. The van der Waals surface area contributed by atoms with Gasteiger partial charge in [-0.1, -0.05) is 22.6 Å². The third kappa shape index (κ3) is 8.88. The van der Waals surface area contributed by atoms with Gasteiger partial charge in [0.25, 0.3) is 0 Å². The van der Waals surface area contributed by atoms with Crippen LogP contribution >= 0.6 is 22.6 Å². The predicted molar refractivity (Wildman–Crippen MR) is 54.7 cm³/mol. The zero-order valence-electron chi connectivity index (χ0n) is 7.94. The maximum absolute atomic E-state index is 11.5. The molecule has 0 aliphatic rings. The molecule has 0 aliphatic carbocycles. The van der Waals surface area contributed by atoms with Crippen molar-refractivity contribution < 1.29 is 27.4 Å². The number of methoxy groups -OCH3 is 1. The fourth-order valence-electron chi connectivity index (χ4n) is 0.679. The van der Waals surface area contributed by atoms with Gasteiger partial charge in [0.15, 0.2) is 0 Å². The summed E-state index contributed by atoms with van der Waals surface area (Å²) in [5.74, 6) is -0.417. The molecule has 0 fully saturated rings. The van der Waals surface area contributed by atoms with Crippen LogP contribution in [0.5, 0.6) is 0 Å². The molecule has 90 valence electrons. The summed E-state index contributed by atoms with van der Waals surface area (Å²) in [6.07, 6.45) is -4.60. The van der Waals surface area contributed by atoms with Gasteiger partial charge in [-0.15, -0.1) is 13.2 Å². The lowest BCUT2D eigenvalue weighted by atomic mass is 10.4. The number of carbonyl (C=O) groups is 1. The van der Waals surface area contributed by atoms with Gasteiger partial charge in [0.2, 0.25) is 0 Å². The Hall–Kier alpha value is -0.0900. The highest BCUT2D eigenvalue weighted by Gasteiger charge is 2.28. The Balaban J connectivity index is 3.43. The molecule has 4 nitrogen and oxygen atoms in total. The molecule has 0 bridgehead atoms. The lowest BCUT2D eigenvalue weighted by Crippen LogP contribution is -2.32. The van der Waals surface area contributed by atoms with Crippen molar-refractivity contribution in [2.75, 3.05) is 26.8 Å². The Morgan fingerprint density at radius 2 is 2.13 bits per heavy atom. The molecule has 0 spiro atoms. The van der Waals surface area contributed by atoms with Crippen LogP contribution in [0.4, 0.5) is 13.2 Å². The monoisotopic (exact) mass is 341 g/mol. The van der Waals surface area contributed by atoms with E-state index in [2.05, 4.69) is 14.8 Å². The first-order chi connectivity index (χ1) is 6.87. The Morgan fingerprint density at radius 1 is 1.53 bits per heavy atom. The van der Waals surface area contributed by atoms with E-state index in [-0.39, 0.29) is 13.1 Å². The summed E-state index contributed by atoms with van der Waals surface area (Å²) < 4.78 is 42.0. The van der Waals surface area contributed by atoms with Crippen LogP contribution in [-0.2, 0) is 14.3 Å². The Kier molecular flexibility index (Phi) is 7.18. The van der Waals surface area contributed by atoms with Crippen molar-refractivity contribution in [1.82, 2.24) is 5.32 Å². The van der Waals surface area contributed by atoms with Gasteiger partial charge in [-0.3, -0.25) is 9.53 Å². The van der Waals surface area contributed by atoms with Gasteiger partial charge < -0.3 is 10.1 Å². The zero-order chi connectivity index (χ0) is 11.9. The van der Waals surface area contributed by atoms with Crippen LogP contribution in [0.3, 0.4) is 0 Å². The van der Waals surface area contributed by atoms with E-state index in [4.69, 9.17) is 0 Å². The minimum atomic E-state index is -4.60. The molecule has 0 aliphatic heterocycles. The third-order valence-corrected chi connectivity index (χ3v) is 2.27. The van der Waals surface area contributed by atoms with Gasteiger partial charge in [-0.05, 0) is 0 Å². The Labute approximate surface area is 98.6 Å². The standard InChI is InChI=1S/C7H11F3INO3/c1-14-6(13)5(11)4-12-2-3-15-7(8,9)10/h5,12H,2-4H2,1H3. The maximum atomic E-state index is 11.5. The van der Waals surface area contributed by atoms with E-state index in [0.29, 0.717) is 0 Å². The number of esters is 1. The molecule has 0 saturated heterocycles. The van der Waals surface area contributed by atoms with Crippen LogP contribution in [0.25, 0.3) is 0 Å². The Bertz CT molecular complexity index is 200. The molecule has 0 aromatic heterocycles. The Morgan fingerprint density at radius 3 is 2.60 bits per heavy atom. The molecule has 0 heterocycles. The average molecular weight is 341 g/mol. The van der Waals surface area contributed by atoms with E-state index in [9.17, 15) is 18.0 Å². The SMILES string of the molecule is COC(=O)C(I)CNCCOC(F)(F)F. The third-order valence-electron chi connectivity index (χ3n) is 1.33. The van der Waals surface area contributed by atoms with E-state index in [1.807, 2.05) is 22.6 Å². The smallest absolute Gasteiger partial charge is 0.468 e. The van der Waals surface area contributed by atoms with Crippen LogP contribution in [-0.4, -0.2) is 43.1 Å². The highest BCUT2D eigenvalue weighted by Crippen LogP contribution is 2.15. The minimum absolute atomic E-state index is 0.0238. The van der Waals surface area contributed by atoms with E-state index in [1.54, 1.807) is 0 Å². The second-order valence-corrected chi connectivity index (χ2v) is 3.99. The summed E-state index contributed by atoms with van der Waals surface area (Å²) in [5.41, 5.74) is 0. The van der Waals surface area contributed by atoms with E-state index in [0.717, 1.165) is 0 Å². The molecule has 0 rings (SSSR count). The number of halogens is 4. The predicted octanol–water partition coefficient (Wildman–Crippen LogP) is 1.09. The molecule has 1 N–H and O–H groups in total. The maximum Gasteiger partial charge on any atom is 0.522 e. The molecule has 0 radical (unpaired) electrons. The summed E-state index contributed by atoms with van der Waals surface area (Å²) in [6, 6.07) is 0. The number of hydrogen-bond donors (Lipinski definition) is 1. The number of hydrogen-bond acceptors (Lipinski definition) is 4. The second-order valence-electron chi connectivity index (χ2n) is 2.49. The lowest BCUT2D eigenvalue weighted by molar-refractivity contribution is -0.323. The summed E-state index contributed by atoms with van der Waals surface area (Å²) in [6.45, 7) is -0.210. The topological polar surface area (TPSA) is 47.6 Å². The fourth-order valence-corrected chi connectivity index (χ4v) is 1.24. The molecule has 0 saturated carbocycles. The summed E-state index contributed by atoms with van der Waals surface area (Å²) >= 11 is 1.84. The van der Waals surface area contributed by atoms with Crippen molar-refractivity contribution in [1.29, 1.82) is 0 Å². The number of alkyl halides is 4. The van der Waals surface area contributed by atoms with Crippen molar-refractivity contribution in [3.63, 3.8) is 0 Å². The van der Waals surface area contributed by atoms with Gasteiger partial charge >= 0.3 is 12.3 Å². The first-order valence-corrected chi connectivity index (χ1v) is 5.24. The molecule has 1 unspecified atom stereocenters. The molecule has 0 aromatic rings. The highest BCUT2D eigenvalue weighted by molar-refractivity contribution is 14.1. The number of ether oxygens (including phenoxy) is 2. The van der Waals surface area contributed by atoms with Gasteiger partial charge in [-0.25, -0.2) is 0 Å². The first kappa shape index (κ1) is 14.9. The summed E-state index contributed by atoms with van der Waals surface area (Å²) in [7, 11) is 1.25. The van der Waals surface area contributed by atoms with Gasteiger partial charge in [0.05, 0.1) is 13.7 Å². The van der Waals surface area contributed by atoms with Crippen molar-refractivity contribution in [3.05, 3.63) is 0 Å². The van der Waals surface area contributed by atoms with E-state index < -0.39 is 22.9 Å². The zero-order valence-corrected chi connectivity index (χ0v) is 10.1. The van der Waals surface area contributed by atoms with Crippen molar-refractivity contribution in [2.45, 2.75) is 10.3 Å². The lowest BCUT2D eigenvalue weighted by Gasteiger charge is -2.10. The molecule has 8 heteroatoms. The molecule has 0 amide bonds. The van der Waals surface area contributed by atoms with Crippen molar-refractivity contribution >= 4 is 28.6 Å². The van der Waals surface area contributed by atoms with Gasteiger partial charge in [0, 0.05) is 13.1 Å². The van der Waals surface area contributed by atoms with Crippen LogP contribution in [0, 0.1) is 0 Å². The van der Waals surface area contributed by atoms with Gasteiger partial charge in [-0.2, -0.15) is 0 Å². The molecule has 1 atom stereocenters. The summed E-state index contributed by atoms with van der Waals surface area (Å²) in [4.78, 5) is 10.9. The van der Waals surface area contributed by atoms with Crippen LogP contribution in [0.15, 0.2) is 0 Å². The number of nitrogens with one attached hydrogen (secondary N) is 1. The molecule has 0 aromatic carbocycles. The van der Waals surface area contributed by atoms with Crippen molar-refractivity contribution in [2.24, 2.45) is 0 Å². The van der Waals surface area contributed by atoms with Crippen LogP contribution in [0.2, 0.25) is 0 Å². The molecular formula is C7H11F3INO3. The summed E-state index contributed by atoms with van der Waals surface area (Å²) in [5, 5.41) is 2.64. The first-order valence-electron chi connectivity index (χ1n) is 4.00. The normalized spacial score (nSPS) is 13.7. The number of carbonyl (C=O) groups excluding carboxylic acids is 1. The largest absolute Gasteiger partial charge is 0.522 e. The molecule has 15 heavy (non-hydrogen) atoms. The minimum Gasteiger partial charge on any atom is -0.468 e. The fraction of sp³-hybridized carbons (Fsp3) is 0.857. The highest BCUT2D eigenvalue weighted by atomic mass is 127. The number of rotatable bonds is 6. The van der Waals surface area contributed by atoms with Crippen LogP contribution < -0.4 is 5.32 Å². The van der Waals surface area contributed by atoms with Crippen molar-refractivity contribution in [3.8, 4) is 0 Å². The van der Waals surface area contributed by atoms with E-state index in [1.165, 1.54) is 7.11 Å². The van der Waals surface area contributed by atoms with E-state index >= 15 is 0 Å². The van der Waals surface area contributed by atoms with Gasteiger partial charge in [0.1, 0.15) is 3.92 Å². The average Bonchev–Trinajstić information content (AvgIpc) is 2.14.